The SMILES string of the molecule is CC(O)c1ccn(Cc2nsc(N(C)C)n2)n1. The third-order valence-corrected chi connectivity index (χ3v) is 3.15. The molecule has 0 spiro atoms. The number of anilines is 1. The molecule has 17 heavy (non-hydrogen) atoms. The second kappa shape index (κ2) is 4.80. The highest BCUT2D eigenvalue weighted by molar-refractivity contribution is 7.09. The van der Waals surface area contributed by atoms with Crippen molar-refractivity contribution in [1.29, 1.82) is 0 Å². The van der Waals surface area contributed by atoms with Crippen LogP contribution in [0.5, 0.6) is 0 Å². The van der Waals surface area contributed by atoms with Gasteiger partial charge in [0.25, 0.3) is 0 Å². The van der Waals surface area contributed by atoms with Crippen molar-refractivity contribution in [3.8, 4) is 0 Å². The van der Waals surface area contributed by atoms with E-state index in [1.165, 1.54) is 11.5 Å². The lowest BCUT2D eigenvalue weighted by molar-refractivity contribution is 0.193. The van der Waals surface area contributed by atoms with Gasteiger partial charge < -0.3 is 10.0 Å². The third kappa shape index (κ3) is 2.80. The molecule has 1 N–H and O–H groups in total. The Bertz CT molecular complexity index is 446. The molecule has 2 rings (SSSR count). The topological polar surface area (TPSA) is 67.1 Å². The van der Waals surface area contributed by atoms with E-state index in [4.69, 9.17) is 0 Å². The average Bonchev–Trinajstić information content (AvgIpc) is 2.87. The Hall–Kier alpha value is -1.47. The molecule has 2 aromatic heterocycles. The van der Waals surface area contributed by atoms with E-state index in [0.717, 1.165) is 11.0 Å². The van der Waals surface area contributed by atoms with Gasteiger partial charge in [0.2, 0.25) is 5.13 Å². The second-order valence-corrected chi connectivity index (χ2v) is 4.73. The van der Waals surface area contributed by atoms with E-state index in [0.29, 0.717) is 12.2 Å². The molecule has 0 aliphatic rings. The molecule has 0 radical (unpaired) electrons. The summed E-state index contributed by atoms with van der Waals surface area (Å²) in [6.07, 6.45) is 1.27. The summed E-state index contributed by atoms with van der Waals surface area (Å²) >= 11 is 1.36. The summed E-state index contributed by atoms with van der Waals surface area (Å²) in [7, 11) is 3.87. The second-order valence-electron chi connectivity index (χ2n) is 4.00. The molecular formula is C10H15N5OS. The average molecular weight is 253 g/mol. The standard InChI is InChI=1S/C10H15N5OS/c1-7(16)8-4-5-15(12-8)6-9-11-10(14(2)3)17-13-9/h4-5,7,16H,6H2,1-3H3. The van der Waals surface area contributed by atoms with Gasteiger partial charge in [-0.15, -0.1) is 0 Å². The maximum absolute atomic E-state index is 9.37. The van der Waals surface area contributed by atoms with Gasteiger partial charge in [-0.25, -0.2) is 4.98 Å². The lowest BCUT2D eigenvalue weighted by Crippen LogP contribution is -2.09. The molecule has 2 aromatic rings. The number of aliphatic hydroxyl groups is 1. The summed E-state index contributed by atoms with van der Waals surface area (Å²) in [4.78, 5) is 6.29. The number of hydrogen-bond acceptors (Lipinski definition) is 6. The van der Waals surface area contributed by atoms with Crippen LogP contribution >= 0.6 is 11.5 Å². The summed E-state index contributed by atoms with van der Waals surface area (Å²) in [5, 5.41) is 14.5. The molecule has 1 unspecified atom stereocenters. The molecular weight excluding hydrogens is 238 g/mol. The highest BCUT2D eigenvalue weighted by atomic mass is 32.1. The molecule has 0 aromatic carbocycles. The summed E-state index contributed by atoms with van der Waals surface area (Å²) < 4.78 is 5.98. The van der Waals surface area contributed by atoms with Gasteiger partial charge >= 0.3 is 0 Å². The third-order valence-electron chi connectivity index (χ3n) is 2.23. The van der Waals surface area contributed by atoms with Crippen molar-refractivity contribution in [3.63, 3.8) is 0 Å². The van der Waals surface area contributed by atoms with Crippen molar-refractivity contribution in [3.05, 3.63) is 23.8 Å². The number of aromatic nitrogens is 4. The first-order valence-corrected chi connectivity index (χ1v) is 6.05. The molecule has 1 atom stereocenters. The fraction of sp³-hybridized carbons (Fsp3) is 0.500. The summed E-state index contributed by atoms with van der Waals surface area (Å²) in [5.74, 6) is 0.735. The fourth-order valence-corrected chi connectivity index (χ4v) is 1.92. The van der Waals surface area contributed by atoms with Crippen LogP contribution in [-0.4, -0.2) is 38.3 Å². The highest BCUT2D eigenvalue weighted by Gasteiger charge is 2.08. The van der Waals surface area contributed by atoms with Crippen LogP contribution in [0.25, 0.3) is 0 Å². The Morgan fingerprint density at radius 3 is 2.82 bits per heavy atom. The first-order valence-electron chi connectivity index (χ1n) is 5.27. The van der Waals surface area contributed by atoms with Gasteiger partial charge in [0.15, 0.2) is 5.82 Å². The largest absolute Gasteiger partial charge is 0.387 e. The Labute approximate surface area is 104 Å². The van der Waals surface area contributed by atoms with Crippen molar-refractivity contribution in [2.45, 2.75) is 19.6 Å². The lowest BCUT2D eigenvalue weighted by Gasteiger charge is -2.04. The molecule has 92 valence electrons. The van der Waals surface area contributed by atoms with E-state index in [9.17, 15) is 5.11 Å². The van der Waals surface area contributed by atoms with Gasteiger partial charge in [0, 0.05) is 31.8 Å². The van der Waals surface area contributed by atoms with E-state index in [1.807, 2.05) is 25.2 Å². The Kier molecular flexibility index (Phi) is 3.39. The predicted molar refractivity (Wildman–Crippen MR) is 66.2 cm³/mol. The van der Waals surface area contributed by atoms with Crippen LogP contribution in [0, 0.1) is 0 Å². The number of aliphatic hydroxyl groups excluding tert-OH is 1. The zero-order valence-corrected chi connectivity index (χ0v) is 10.8. The van der Waals surface area contributed by atoms with Gasteiger partial charge in [0.05, 0.1) is 11.8 Å². The molecule has 0 aliphatic carbocycles. The van der Waals surface area contributed by atoms with Crippen LogP contribution < -0.4 is 4.90 Å². The maximum atomic E-state index is 9.37. The minimum absolute atomic E-state index is 0.525. The van der Waals surface area contributed by atoms with Crippen LogP contribution in [0.15, 0.2) is 12.3 Å². The van der Waals surface area contributed by atoms with Crippen LogP contribution in [0.3, 0.4) is 0 Å². The van der Waals surface area contributed by atoms with Crippen LogP contribution in [-0.2, 0) is 6.54 Å². The van der Waals surface area contributed by atoms with Gasteiger partial charge in [0.1, 0.15) is 6.54 Å². The number of nitrogens with zero attached hydrogens (tertiary/aromatic N) is 5. The molecule has 2 heterocycles. The summed E-state index contributed by atoms with van der Waals surface area (Å²) in [6.45, 7) is 2.22. The van der Waals surface area contributed by atoms with E-state index in [2.05, 4.69) is 14.5 Å². The van der Waals surface area contributed by atoms with E-state index in [-0.39, 0.29) is 0 Å². The van der Waals surface area contributed by atoms with Crippen molar-refractivity contribution in [2.75, 3.05) is 19.0 Å². The van der Waals surface area contributed by atoms with Gasteiger partial charge in [-0.2, -0.15) is 9.47 Å². The zero-order chi connectivity index (χ0) is 12.4. The molecule has 0 amide bonds. The van der Waals surface area contributed by atoms with E-state index < -0.39 is 6.10 Å². The molecule has 6 nitrogen and oxygen atoms in total. The minimum atomic E-state index is -0.544. The normalized spacial score (nSPS) is 12.7. The van der Waals surface area contributed by atoms with Gasteiger partial charge in [-0.1, -0.05) is 0 Å². The Balaban J connectivity index is 2.08. The van der Waals surface area contributed by atoms with Crippen LogP contribution in [0.1, 0.15) is 24.5 Å². The van der Waals surface area contributed by atoms with Crippen LogP contribution in [0.4, 0.5) is 5.13 Å². The van der Waals surface area contributed by atoms with Gasteiger partial charge in [-0.05, 0) is 13.0 Å². The number of hydrogen-bond donors (Lipinski definition) is 1. The van der Waals surface area contributed by atoms with Gasteiger partial charge in [-0.3, -0.25) is 4.68 Å². The zero-order valence-electron chi connectivity index (χ0n) is 10.0. The Morgan fingerprint density at radius 2 is 2.29 bits per heavy atom. The summed E-state index contributed by atoms with van der Waals surface area (Å²) in [6, 6.07) is 1.80. The van der Waals surface area contributed by atoms with Crippen molar-refractivity contribution >= 4 is 16.7 Å². The quantitative estimate of drug-likeness (QED) is 0.877. The smallest absolute Gasteiger partial charge is 0.204 e. The molecule has 0 saturated heterocycles. The van der Waals surface area contributed by atoms with Crippen molar-refractivity contribution < 1.29 is 5.11 Å². The number of rotatable bonds is 4. The summed E-state index contributed by atoms with van der Waals surface area (Å²) in [5.41, 5.74) is 0.660. The highest BCUT2D eigenvalue weighted by Crippen LogP contribution is 2.15. The first-order chi connectivity index (χ1) is 8.06. The monoisotopic (exact) mass is 253 g/mol. The first kappa shape index (κ1) is 12.0. The molecule has 7 heteroatoms. The maximum Gasteiger partial charge on any atom is 0.204 e. The van der Waals surface area contributed by atoms with Crippen molar-refractivity contribution in [1.82, 2.24) is 19.1 Å². The lowest BCUT2D eigenvalue weighted by atomic mass is 10.3. The predicted octanol–water partition coefficient (Wildman–Crippen LogP) is 0.902. The molecule has 0 bridgehead atoms. The fourth-order valence-electron chi connectivity index (χ4n) is 1.32. The van der Waals surface area contributed by atoms with E-state index >= 15 is 0 Å². The molecule has 0 aliphatic heterocycles. The molecule has 0 fully saturated rings. The van der Waals surface area contributed by atoms with E-state index in [1.54, 1.807) is 17.7 Å². The minimum Gasteiger partial charge on any atom is -0.387 e. The van der Waals surface area contributed by atoms with Crippen LogP contribution in [0.2, 0.25) is 0 Å². The molecule has 0 saturated carbocycles. The van der Waals surface area contributed by atoms with Crippen molar-refractivity contribution in [2.24, 2.45) is 0 Å². The Morgan fingerprint density at radius 1 is 1.53 bits per heavy atom.